The van der Waals surface area contributed by atoms with Crippen molar-refractivity contribution in [2.75, 3.05) is 13.2 Å². The summed E-state index contributed by atoms with van der Waals surface area (Å²) in [6.45, 7) is 5.55. The Balaban J connectivity index is 1.78. The number of nitrogens with one attached hydrogen (secondary N) is 2. The molecule has 20 heavy (non-hydrogen) atoms. The number of rotatable bonds is 4. The predicted octanol–water partition coefficient (Wildman–Crippen LogP) is 1.01. The number of thiocarbonyl (C=S) groups is 1. The van der Waals surface area contributed by atoms with Gasteiger partial charge in [-0.1, -0.05) is 0 Å². The summed E-state index contributed by atoms with van der Waals surface area (Å²) < 4.78 is 7.35. The average Bonchev–Trinajstić information content (AvgIpc) is 3.00. The van der Waals surface area contributed by atoms with Gasteiger partial charge >= 0.3 is 0 Å². The summed E-state index contributed by atoms with van der Waals surface area (Å²) in [7, 11) is 1.92. The van der Waals surface area contributed by atoms with Crippen molar-refractivity contribution in [2.24, 2.45) is 12.1 Å². The minimum absolute atomic E-state index is 0.265. The van der Waals surface area contributed by atoms with Crippen LogP contribution in [0, 0.1) is 13.8 Å². The van der Waals surface area contributed by atoms with Gasteiger partial charge in [0.2, 0.25) is 0 Å². The van der Waals surface area contributed by atoms with Crippen LogP contribution in [0.4, 0.5) is 0 Å². The van der Waals surface area contributed by atoms with E-state index in [0.29, 0.717) is 5.11 Å². The molecule has 0 spiro atoms. The number of hydrogen-bond acceptors (Lipinski definition) is 4. The van der Waals surface area contributed by atoms with Gasteiger partial charge in [0, 0.05) is 31.5 Å². The van der Waals surface area contributed by atoms with Crippen molar-refractivity contribution in [1.29, 1.82) is 0 Å². The lowest BCUT2D eigenvalue weighted by atomic mass is 10.2. The number of ether oxygens (including phenoxy) is 1. The van der Waals surface area contributed by atoms with Crippen molar-refractivity contribution in [3.63, 3.8) is 0 Å². The van der Waals surface area contributed by atoms with Gasteiger partial charge in [-0.05, 0) is 38.9 Å². The summed E-state index contributed by atoms with van der Waals surface area (Å²) >= 11 is 5.16. The highest BCUT2D eigenvalue weighted by atomic mass is 32.1. The molecule has 2 heterocycles. The summed E-state index contributed by atoms with van der Waals surface area (Å²) in [6.07, 6.45) is 4.23. The molecule has 1 aliphatic heterocycles. The molecule has 1 atom stereocenters. The normalized spacial score (nSPS) is 18.6. The van der Waals surface area contributed by atoms with Crippen LogP contribution < -0.4 is 10.7 Å². The molecule has 0 radical (unpaired) electrons. The second-order valence-electron chi connectivity index (χ2n) is 4.92. The molecular weight excluding hydrogens is 274 g/mol. The first-order valence-corrected chi connectivity index (χ1v) is 7.17. The van der Waals surface area contributed by atoms with Crippen LogP contribution >= 0.6 is 12.2 Å². The van der Waals surface area contributed by atoms with E-state index in [0.717, 1.165) is 42.9 Å². The maximum absolute atomic E-state index is 5.51. The van der Waals surface area contributed by atoms with Gasteiger partial charge in [-0.2, -0.15) is 10.2 Å². The Morgan fingerprint density at radius 2 is 2.40 bits per heavy atom. The molecule has 1 fully saturated rings. The van der Waals surface area contributed by atoms with Crippen LogP contribution in [0.25, 0.3) is 0 Å². The number of aromatic nitrogens is 2. The monoisotopic (exact) mass is 295 g/mol. The van der Waals surface area contributed by atoms with E-state index in [1.54, 1.807) is 6.21 Å². The zero-order valence-corrected chi connectivity index (χ0v) is 13.0. The molecule has 7 heteroatoms. The number of hydrogen-bond donors (Lipinski definition) is 2. The van der Waals surface area contributed by atoms with Crippen LogP contribution in [0.3, 0.4) is 0 Å². The minimum Gasteiger partial charge on any atom is -0.376 e. The van der Waals surface area contributed by atoms with Crippen molar-refractivity contribution in [3.05, 3.63) is 17.0 Å². The Morgan fingerprint density at radius 3 is 3.00 bits per heavy atom. The minimum atomic E-state index is 0.265. The van der Waals surface area contributed by atoms with Crippen LogP contribution in [-0.4, -0.2) is 40.4 Å². The number of hydrazone groups is 1. The summed E-state index contributed by atoms with van der Waals surface area (Å²) in [5.41, 5.74) is 5.86. The van der Waals surface area contributed by atoms with Crippen LogP contribution in [0.15, 0.2) is 5.10 Å². The molecule has 6 nitrogen and oxygen atoms in total. The van der Waals surface area contributed by atoms with Gasteiger partial charge < -0.3 is 10.1 Å². The lowest BCUT2D eigenvalue weighted by Gasteiger charge is -2.11. The summed E-state index contributed by atoms with van der Waals surface area (Å²) in [4.78, 5) is 0. The van der Waals surface area contributed by atoms with Gasteiger partial charge in [0.25, 0.3) is 0 Å². The first-order valence-electron chi connectivity index (χ1n) is 6.76. The maximum Gasteiger partial charge on any atom is 0.187 e. The fraction of sp³-hybridized carbons (Fsp3) is 0.615. The first kappa shape index (κ1) is 14.9. The predicted molar refractivity (Wildman–Crippen MR) is 83.0 cm³/mol. The van der Waals surface area contributed by atoms with E-state index >= 15 is 0 Å². The number of aryl methyl sites for hydroxylation is 2. The maximum atomic E-state index is 5.51. The lowest BCUT2D eigenvalue weighted by molar-refractivity contribution is 0.114. The van der Waals surface area contributed by atoms with E-state index in [9.17, 15) is 0 Å². The van der Waals surface area contributed by atoms with E-state index in [1.165, 1.54) is 0 Å². The largest absolute Gasteiger partial charge is 0.376 e. The quantitative estimate of drug-likeness (QED) is 0.493. The van der Waals surface area contributed by atoms with Crippen LogP contribution in [0.5, 0.6) is 0 Å². The van der Waals surface area contributed by atoms with E-state index in [1.807, 2.05) is 25.6 Å². The third kappa shape index (κ3) is 3.77. The molecule has 1 saturated heterocycles. The Hall–Kier alpha value is -1.47. The second-order valence-corrected chi connectivity index (χ2v) is 5.33. The third-order valence-electron chi connectivity index (χ3n) is 3.44. The summed E-state index contributed by atoms with van der Waals surface area (Å²) in [5.74, 6) is 0. The molecule has 1 aliphatic rings. The van der Waals surface area contributed by atoms with Gasteiger partial charge in [-0.25, -0.2) is 0 Å². The Kier molecular flexibility index (Phi) is 5.08. The van der Waals surface area contributed by atoms with Crippen molar-refractivity contribution >= 4 is 23.5 Å². The van der Waals surface area contributed by atoms with Gasteiger partial charge in [0.15, 0.2) is 5.11 Å². The van der Waals surface area contributed by atoms with Gasteiger partial charge in [-0.15, -0.1) is 0 Å². The van der Waals surface area contributed by atoms with Crippen LogP contribution in [0.2, 0.25) is 0 Å². The fourth-order valence-electron chi connectivity index (χ4n) is 2.18. The molecule has 0 amide bonds. The lowest BCUT2D eigenvalue weighted by Crippen LogP contribution is -2.37. The number of nitrogens with zero attached hydrogens (tertiary/aromatic N) is 3. The Labute approximate surface area is 124 Å². The molecule has 0 saturated carbocycles. The molecule has 1 aromatic rings. The topological polar surface area (TPSA) is 63.5 Å². The highest BCUT2D eigenvalue weighted by Crippen LogP contribution is 2.10. The zero-order valence-electron chi connectivity index (χ0n) is 12.1. The fourth-order valence-corrected chi connectivity index (χ4v) is 2.32. The van der Waals surface area contributed by atoms with E-state index in [-0.39, 0.29) is 6.10 Å². The molecule has 2 rings (SSSR count). The van der Waals surface area contributed by atoms with Crippen molar-refractivity contribution in [2.45, 2.75) is 32.8 Å². The summed E-state index contributed by atoms with van der Waals surface area (Å²) in [6, 6.07) is 0. The van der Waals surface area contributed by atoms with Gasteiger partial charge in [0.1, 0.15) is 0 Å². The molecule has 0 aromatic carbocycles. The van der Waals surface area contributed by atoms with Crippen molar-refractivity contribution in [3.8, 4) is 0 Å². The molecule has 110 valence electrons. The zero-order chi connectivity index (χ0) is 14.5. The molecule has 0 aliphatic carbocycles. The average molecular weight is 295 g/mol. The molecule has 1 aromatic heterocycles. The van der Waals surface area contributed by atoms with Crippen LogP contribution in [-0.2, 0) is 11.8 Å². The molecule has 0 bridgehead atoms. The molecule has 2 N–H and O–H groups in total. The Morgan fingerprint density at radius 1 is 1.60 bits per heavy atom. The van der Waals surface area contributed by atoms with Crippen molar-refractivity contribution in [1.82, 2.24) is 20.5 Å². The third-order valence-corrected chi connectivity index (χ3v) is 3.67. The highest BCUT2D eigenvalue weighted by molar-refractivity contribution is 7.80. The molecule has 0 unspecified atom stereocenters. The first-order chi connectivity index (χ1) is 9.58. The highest BCUT2D eigenvalue weighted by Gasteiger charge is 2.15. The Bertz CT molecular complexity index is 505. The van der Waals surface area contributed by atoms with Gasteiger partial charge in [-0.3, -0.25) is 10.1 Å². The van der Waals surface area contributed by atoms with E-state index in [2.05, 4.69) is 20.9 Å². The van der Waals surface area contributed by atoms with Crippen molar-refractivity contribution < 1.29 is 4.74 Å². The second kappa shape index (κ2) is 6.81. The van der Waals surface area contributed by atoms with E-state index < -0.39 is 0 Å². The standard InChI is InChI=1S/C13H21N5OS/c1-9-12(10(2)18(3)17-9)8-15-16-13(20)14-7-11-5-4-6-19-11/h8,11H,4-7H2,1-3H3,(H2,14,16,20)/b15-8-/t11-/m0/s1. The van der Waals surface area contributed by atoms with E-state index in [4.69, 9.17) is 17.0 Å². The van der Waals surface area contributed by atoms with Crippen LogP contribution in [0.1, 0.15) is 29.8 Å². The summed E-state index contributed by atoms with van der Waals surface area (Å²) in [5, 5.41) is 12.1. The smallest absolute Gasteiger partial charge is 0.187 e. The van der Waals surface area contributed by atoms with Gasteiger partial charge in [0.05, 0.1) is 18.0 Å². The SMILES string of the molecule is Cc1nn(C)c(C)c1/C=N\NC(=S)NC[C@@H]1CCCO1. The molecular formula is C13H21N5OS.